The number of carbonyl (C=O) groups is 1. The number of aliphatic hydroxyl groups excluding tert-OH is 1. The standard InChI is InChI=1S/C18H23NO3/c20-16-14-6-13-7-15(16)10-18(8-13,9-14)19-17(21)22-11-12-4-2-1-3-5-12/h1-5,13-16,20H,6-11H2,(H,19,21)/t13?,14?,15?,16-,18+. The third kappa shape index (κ3) is 2.50. The number of amides is 1. The second-order valence-electron chi connectivity index (χ2n) is 7.43. The van der Waals surface area contributed by atoms with Gasteiger partial charge in [-0.05, 0) is 55.4 Å². The van der Waals surface area contributed by atoms with Gasteiger partial charge in [0, 0.05) is 5.54 Å². The summed E-state index contributed by atoms with van der Waals surface area (Å²) in [7, 11) is 0. The summed E-state index contributed by atoms with van der Waals surface area (Å²) in [6.45, 7) is 0.307. The Morgan fingerprint density at radius 1 is 1.18 bits per heavy atom. The Balaban J connectivity index is 1.38. The zero-order valence-corrected chi connectivity index (χ0v) is 12.7. The highest BCUT2D eigenvalue weighted by molar-refractivity contribution is 5.68. The van der Waals surface area contributed by atoms with Crippen LogP contribution in [0.5, 0.6) is 0 Å². The summed E-state index contributed by atoms with van der Waals surface area (Å²) in [6.07, 6.45) is 4.63. The maximum atomic E-state index is 12.2. The lowest BCUT2D eigenvalue weighted by atomic mass is 9.52. The van der Waals surface area contributed by atoms with E-state index in [-0.39, 0.29) is 17.7 Å². The average Bonchev–Trinajstić information content (AvgIpc) is 2.50. The molecular weight excluding hydrogens is 278 g/mol. The maximum absolute atomic E-state index is 12.2. The molecule has 4 fully saturated rings. The minimum Gasteiger partial charge on any atom is -0.445 e. The first-order valence-corrected chi connectivity index (χ1v) is 8.30. The summed E-state index contributed by atoms with van der Waals surface area (Å²) in [5.41, 5.74) is 0.863. The fourth-order valence-corrected chi connectivity index (χ4v) is 5.13. The molecule has 1 aromatic rings. The number of carbonyl (C=O) groups excluding carboxylic acids is 1. The summed E-state index contributed by atoms with van der Waals surface area (Å²) in [6, 6.07) is 9.74. The SMILES string of the molecule is O=C(N[C@]12CC3CC(C1)[C@H](O)C(C3)C2)OCc1ccccc1. The van der Waals surface area contributed by atoms with Gasteiger partial charge in [0.15, 0.2) is 0 Å². The van der Waals surface area contributed by atoms with E-state index in [4.69, 9.17) is 4.74 Å². The van der Waals surface area contributed by atoms with Crippen LogP contribution in [0.1, 0.15) is 37.7 Å². The van der Waals surface area contributed by atoms with E-state index in [1.165, 1.54) is 0 Å². The average molecular weight is 301 g/mol. The van der Waals surface area contributed by atoms with Crippen LogP contribution in [0.3, 0.4) is 0 Å². The van der Waals surface area contributed by atoms with Crippen molar-refractivity contribution in [2.24, 2.45) is 17.8 Å². The first-order chi connectivity index (χ1) is 10.6. The Hall–Kier alpha value is -1.55. The summed E-state index contributed by atoms with van der Waals surface area (Å²) < 4.78 is 5.38. The van der Waals surface area contributed by atoms with Gasteiger partial charge in [0.1, 0.15) is 6.61 Å². The van der Waals surface area contributed by atoms with Crippen molar-refractivity contribution in [2.75, 3.05) is 0 Å². The van der Waals surface area contributed by atoms with Gasteiger partial charge in [-0.25, -0.2) is 4.79 Å². The molecule has 0 saturated heterocycles. The van der Waals surface area contributed by atoms with Gasteiger partial charge in [0.2, 0.25) is 0 Å². The van der Waals surface area contributed by atoms with E-state index < -0.39 is 0 Å². The summed E-state index contributed by atoms with van der Waals surface area (Å²) in [5.74, 6) is 1.39. The second kappa shape index (κ2) is 5.27. The van der Waals surface area contributed by atoms with Crippen LogP contribution in [0, 0.1) is 17.8 Å². The van der Waals surface area contributed by atoms with Crippen molar-refractivity contribution in [1.29, 1.82) is 0 Å². The molecule has 0 aliphatic heterocycles. The van der Waals surface area contributed by atoms with Crippen LogP contribution in [0.25, 0.3) is 0 Å². The Kier molecular flexibility index (Phi) is 3.37. The molecule has 0 radical (unpaired) electrons. The van der Waals surface area contributed by atoms with Crippen LogP contribution < -0.4 is 5.32 Å². The number of hydrogen-bond acceptors (Lipinski definition) is 3. The number of aliphatic hydroxyl groups is 1. The van der Waals surface area contributed by atoms with Crippen molar-refractivity contribution in [1.82, 2.24) is 5.32 Å². The lowest BCUT2D eigenvalue weighted by molar-refractivity contribution is -0.110. The van der Waals surface area contributed by atoms with E-state index in [9.17, 15) is 9.90 Å². The molecule has 2 N–H and O–H groups in total. The fraction of sp³-hybridized carbons (Fsp3) is 0.611. The number of hydrogen-bond donors (Lipinski definition) is 2. The van der Waals surface area contributed by atoms with Crippen LogP contribution in [0.2, 0.25) is 0 Å². The number of alkyl carbamates (subject to hydrolysis) is 1. The van der Waals surface area contributed by atoms with Crippen molar-refractivity contribution in [3.05, 3.63) is 35.9 Å². The highest BCUT2D eigenvalue weighted by Crippen LogP contribution is 2.55. The van der Waals surface area contributed by atoms with Gasteiger partial charge in [0.25, 0.3) is 0 Å². The maximum Gasteiger partial charge on any atom is 0.407 e. The molecule has 4 heteroatoms. The molecule has 118 valence electrons. The van der Waals surface area contributed by atoms with Crippen LogP contribution in [0.4, 0.5) is 4.79 Å². The fourth-order valence-electron chi connectivity index (χ4n) is 5.13. The smallest absolute Gasteiger partial charge is 0.407 e. The molecule has 1 aromatic carbocycles. The van der Waals surface area contributed by atoms with Crippen molar-refractivity contribution in [3.8, 4) is 0 Å². The highest BCUT2D eigenvalue weighted by Gasteiger charge is 2.55. The van der Waals surface area contributed by atoms with Crippen molar-refractivity contribution in [3.63, 3.8) is 0 Å². The molecule has 4 aliphatic carbocycles. The quantitative estimate of drug-likeness (QED) is 0.902. The zero-order chi connectivity index (χ0) is 15.2. The normalized spacial score (nSPS) is 38.8. The van der Waals surface area contributed by atoms with Crippen LogP contribution in [-0.2, 0) is 11.3 Å². The lowest BCUT2D eigenvalue weighted by Gasteiger charge is -2.58. The number of ether oxygens (including phenoxy) is 1. The predicted octanol–water partition coefficient (Wildman–Crippen LogP) is 2.85. The van der Waals surface area contributed by atoms with E-state index in [1.54, 1.807) is 0 Å². The van der Waals surface area contributed by atoms with Crippen molar-refractivity contribution < 1.29 is 14.6 Å². The third-order valence-electron chi connectivity index (χ3n) is 5.80. The number of rotatable bonds is 3. The lowest BCUT2D eigenvalue weighted by Crippen LogP contribution is -2.63. The van der Waals surface area contributed by atoms with Gasteiger partial charge in [-0.15, -0.1) is 0 Å². The first-order valence-electron chi connectivity index (χ1n) is 8.30. The molecule has 1 amide bonds. The van der Waals surface area contributed by atoms with Crippen LogP contribution >= 0.6 is 0 Å². The van der Waals surface area contributed by atoms with Gasteiger partial charge in [-0.1, -0.05) is 30.3 Å². The van der Waals surface area contributed by atoms with Crippen molar-refractivity contribution >= 4 is 6.09 Å². The molecule has 4 saturated carbocycles. The van der Waals surface area contributed by atoms with Gasteiger partial charge in [-0.3, -0.25) is 0 Å². The third-order valence-corrected chi connectivity index (χ3v) is 5.80. The molecule has 2 unspecified atom stereocenters. The zero-order valence-electron chi connectivity index (χ0n) is 12.7. The highest BCUT2D eigenvalue weighted by atomic mass is 16.5. The first kappa shape index (κ1) is 14.1. The Morgan fingerprint density at radius 2 is 1.86 bits per heavy atom. The van der Waals surface area contributed by atoms with Crippen LogP contribution in [-0.4, -0.2) is 22.8 Å². The van der Waals surface area contributed by atoms with E-state index in [2.05, 4.69) is 5.32 Å². The Morgan fingerprint density at radius 3 is 2.55 bits per heavy atom. The minimum atomic E-state index is -0.319. The molecule has 2 atom stereocenters. The minimum absolute atomic E-state index is 0.135. The molecule has 0 spiro atoms. The topological polar surface area (TPSA) is 58.6 Å². The summed E-state index contributed by atoms with van der Waals surface area (Å²) >= 11 is 0. The van der Waals surface area contributed by atoms with E-state index in [0.29, 0.717) is 24.4 Å². The van der Waals surface area contributed by atoms with Crippen LogP contribution in [0.15, 0.2) is 30.3 Å². The largest absolute Gasteiger partial charge is 0.445 e. The molecular formula is C18H23NO3. The number of nitrogens with one attached hydrogen (secondary N) is 1. The summed E-state index contributed by atoms with van der Waals surface area (Å²) in [4.78, 5) is 12.2. The van der Waals surface area contributed by atoms with Gasteiger partial charge in [0.05, 0.1) is 6.10 Å². The summed E-state index contributed by atoms with van der Waals surface area (Å²) in [5, 5.41) is 13.4. The molecule has 4 aliphatic rings. The predicted molar refractivity (Wildman–Crippen MR) is 82.1 cm³/mol. The van der Waals surface area contributed by atoms with E-state index in [1.807, 2.05) is 30.3 Å². The van der Waals surface area contributed by atoms with Crippen molar-refractivity contribution in [2.45, 2.75) is 50.4 Å². The number of benzene rings is 1. The molecule has 4 nitrogen and oxygen atoms in total. The van der Waals surface area contributed by atoms with E-state index >= 15 is 0 Å². The molecule has 4 bridgehead atoms. The van der Waals surface area contributed by atoms with Gasteiger partial charge >= 0.3 is 6.09 Å². The molecule has 0 aromatic heterocycles. The Labute approximate surface area is 130 Å². The van der Waals surface area contributed by atoms with Gasteiger partial charge < -0.3 is 15.2 Å². The van der Waals surface area contributed by atoms with Gasteiger partial charge in [-0.2, -0.15) is 0 Å². The van der Waals surface area contributed by atoms with E-state index in [0.717, 1.165) is 37.7 Å². The monoisotopic (exact) mass is 301 g/mol. The molecule has 0 heterocycles. The second-order valence-corrected chi connectivity index (χ2v) is 7.43. The Bertz CT molecular complexity index is 543. The molecule has 5 rings (SSSR count). The molecule has 22 heavy (non-hydrogen) atoms.